The SMILES string of the molecule is O[C@H](COc1ccc(F)cc1)CN1CCO[C@@H](Cn2cncn2)C1. The molecule has 1 aromatic heterocycles. The smallest absolute Gasteiger partial charge is 0.137 e. The first-order valence-electron chi connectivity index (χ1n) is 7.92. The molecule has 130 valence electrons. The van der Waals surface area contributed by atoms with Gasteiger partial charge in [-0.3, -0.25) is 9.58 Å². The number of nitrogens with zero attached hydrogens (tertiary/aromatic N) is 4. The normalized spacial score (nSPS) is 20.0. The summed E-state index contributed by atoms with van der Waals surface area (Å²) in [6, 6.07) is 5.76. The Kier molecular flexibility index (Phi) is 5.73. The quantitative estimate of drug-likeness (QED) is 0.796. The van der Waals surface area contributed by atoms with Gasteiger partial charge in [0.1, 0.15) is 36.9 Å². The summed E-state index contributed by atoms with van der Waals surface area (Å²) in [5.74, 6) is 0.233. The summed E-state index contributed by atoms with van der Waals surface area (Å²) in [4.78, 5) is 6.06. The van der Waals surface area contributed by atoms with Gasteiger partial charge in [0.05, 0.1) is 19.3 Å². The fraction of sp³-hybridized carbons (Fsp3) is 0.500. The topological polar surface area (TPSA) is 72.6 Å². The van der Waals surface area contributed by atoms with Crippen molar-refractivity contribution in [1.29, 1.82) is 0 Å². The first kappa shape index (κ1) is 16.8. The van der Waals surface area contributed by atoms with Gasteiger partial charge in [-0.05, 0) is 24.3 Å². The van der Waals surface area contributed by atoms with Gasteiger partial charge in [0.2, 0.25) is 0 Å². The maximum Gasteiger partial charge on any atom is 0.137 e. The van der Waals surface area contributed by atoms with Crippen LogP contribution in [0, 0.1) is 5.82 Å². The van der Waals surface area contributed by atoms with Gasteiger partial charge in [0.15, 0.2) is 0 Å². The highest BCUT2D eigenvalue weighted by molar-refractivity contribution is 5.22. The van der Waals surface area contributed by atoms with Crippen molar-refractivity contribution in [2.75, 3.05) is 32.8 Å². The Morgan fingerprint density at radius 2 is 2.21 bits per heavy atom. The molecule has 0 aliphatic carbocycles. The number of morpholine rings is 1. The highest BCUT2D eigenvalue weighted by Crippen LogP contribution is 2.12. The van der Waals surface area contributed by atoms with Crippen LogP contribution in [0.25, 0.3) is 0 Å². The number of aliphatic hydroxyl groups is 1. The molecule has 1 aliphatic heterocycles. The van der Waals surface area contributed by atoms with Gasteiger partial charge in [-0.2, -0.15) is 5.10 Å². The van der Waals surface area contributed by atoms with Crippen LogP contribution in [0.15, 0.2) is 36.9 Å². The largest absolute Gasteiger partial charge is 0.491 e. The molecule has 1 N–H and O–H groups in total. The zero-order valence-corrected chi connectivity index (χ0v) is 13.3. The third-order valence-corrected chi connectivity index (χ3v) is 3.81. The maximum absolute atomic E-state index is 12.8. The molecule has 0 saturated carbocycles. The summed E-state index contributed by atoms with van der Waals surface area (Å²) >= 11 is 0. The Labute approximate surface area is 139 Å². The van der Waals surface area contributed by atoms with Crippen molar-refractivity contribution >= 4 is 0 Å². The lowest BCUT2D eigenvalue weighted by Gasteiger charge is -2.33. The van der Waals surface area contributed by atoms with Crippen molar-refractivity contribution in [2.45, 2.75) is 18.8 Å². The van der Waals surface area contributed by atoms with Gasteiger partial charge in [0.25, 0.3) is 0 Å². The van der Waals surface area contributed by atoms with Crippen LogP contribution in [0.4, 0.5) is 4.39 Å². The summed E-state index contributed by atoms with van der Waals surface area (Å²) < 4.78 is 25.8. The number of hydrogen-bond acceptors (Lipinski definition) is 6. The van der Waals surface area contributed by atoms with E-state index in [0.717, 1.165) is 6.54 Å². The van der Waals surface area contributed by atoms with E-state index in [1.807, 2.05) is 0 Å². The van der Waals surface area contributed by atoms with Gasteiger partial charge in [-0.15, -0.1) is 0 Å². The molecule has 1 saturated heterocycles. The second-order valence-corrected chi connectivity index (χ2v) is 5.79. The van der Waals surface area contributed by atoms with Crippen molar-refractivity contribution in [3.05, 3.63) is 42.7 Å². The summed E-state index contributed by atoms with van der Waals surface area (Å²) in [6.07, 6.45) is 2.55. The van der Waals surface area contributed by atoms with E-state index in [0.29, 0.717) is 32.0 Å². The molecule has 0 spiro atoms. The molecule has 1 fully saturated rings. The van der Waals surface area contributed by atoms with Crippen molar-refractivity contribution in [1.82, 2.24) is 19.7 Å². The zero-order valence-electron chi connectivity index (χ0n) is 13.3. The summed E-state index contributed by atoms with van der Waals surface area (Å²) in [5, 5.41) is 14.2. The number of halogens is 1. The predicted molar refractivity (Wildman–Crippen MR) is 84.1 cm³/mol. The Bertz CT molecular complexity index is 608. The maximum atomic E-state index is 12.8. The van der Waals surface area contributed by atoms with Crippen molar-refractivity contribution < 1.29 is 19.0 Å². The first-order chi connectivity index (χ1) is 11.7. The Morgan fingerprint density at radius 1 is 1.38 bits per heavy atom. The third kappa shape index (κ3) is 4.98. The summed E-state index contributed by atoms with van der Waals surface area (Å²) in [7, 11) is 0. The molecule has 24 heavy (non-hydrogen) atoms. The van der Waals surface area contributed by atoms with Gasteiger partial charge < -0.3 is 14.6 Å². The molecule has 2 atom stereocenters. The lowest BCUT2D eigenvalue weighted by Crippen LogP contribution is -2.47. The molecule has 3 rings (SSSR count). The molecular formula is C16H21FN4O3. The van der Waals surface area contributed by atoms with E-state index < -0.39 is 6.10 Å². The Balaban J connectivity index is 1.41. The van der Waals surface area contributed by atoms with Crippen molar-refractivity contribution in [3.63, 3.8) is 0 Å². The van der Waals surface area contributed by atoms with E-state index in [1.165, 1.54) is 18.5 Å². The number of aliphatic hydroxyl groups excluding tert-OH is 1. The second-order valence-electron chi connectivity index (χ2n) is 5.79. The lowest BCUT2D eigenvalue weighted by atomic mass is 10.2. The minimum atomic E-state index is -0.625. The van der Waals surface area contributed by atoms with Crippen LogP contribution in [-0.4, -0.2) is 69.8 Å². The minimum absolute atomic E-state index is 0.0191. The van der Waals surface area contributed by atoms with Crippen LogP contribution >= 0.6 is 0 Å². The number of hydrogen-bond donors (Lipinski definition) is 1. The highest BCUT2D eigenvalue weighted by atomic mass is 19.1. The standard InChI is InChI=1S/C16H21FN4O3/c17-13-1-3-15(4-2-13)24-10-14(22)7-20-5-6-23-16(8-20)9-21-12-18-11-19-21/h1-4,11-12,14,16,22H,5-10H2/t14-,16+/m0/s1. The average molecular weight is 336 g/mol. The van der Waals surface area contributed by atoms with Crippen molar-refractivity contribution in [3.8, 4) is 5.75 Å². The predicted octanol–water partition coefficient (Wildman–Crippen LogP) is 0.558. The molecule has 8 heteroatoms. The van der Waals surface area contributed by atoms with Crippen LogP contribution in [0.2, 0.25) is 0 Å². The number of ether oxygens (including phenoxy) is 2. The van der Waals surface area contributed by atoms with E-state index in [2.05, 4.69) is 15.0 Å². The van der Waals surface area contributed by atoms with Gasteiger partial charge >= 0.3 is 0 Å². The molecule has 1 aliphatic rings. The number of aromatic nitrogens is 3. The molecule has 0 bridgehead atoms. The molecule has 1 aromatic carbocycles. The third-order valence-electron chi connectivity index (χ3n) is 3.81. The van der Waals surface area contributed by atoms with Crippen LogP contribution in [0.1, 0.15) is 0 Å². The lowest BCUT2D eigenvalue weighted by molar-refractivity contribution is -0.0517. The molecule has 2 heterocycles. The van der Waals surface area contributed by atoms with E-state index >= 15 is 0 Å². The second kappa shape index (κ2) is 8.18. The highest BCUT2D eigenvalue weighted by Gasteiger charge is 2.23. The molecule has 2 aromatic rings. The van der Waals surface area contributed by atoms with Gasteiger partial charge in [-0.25, -0.2) is 9.37 Å². The molecule has 0 radical (unpaired) electrons. The number of β-amino-alcohol motifs (C(OH)–C–C–N with tert-alkyl or cyclic N) is 1. The van der Waals surface area contributed by atoms with Crippen LogP contribution < -0.4 is 4.74 Å². The van der Waals surface area contributed by atoms with Crippen LogP contribution in [0.5, 0.6) is 5.75 Å². The first-order valence-corrected chi connectivity index (χ1v) is 7.92. The Hall–Kier alpha value is -2.03. The van der Waals surface area contributed by atoms with Gasteiger partial charge in [0, 0.05) is 19.6 Å². The number of benzene rings is 1. The van der Waals surface area contributed by atoms with Crippen LogP contribution in [-0.2, 0) is 11.3 Å². The molecular weight excluding hydrogens is 315 g/mol. The monoisotopic (exact) mass is 336 g/mol. The van der Waals surface area contributed by atoms with Gasteiger partial charge in [-0.1, -0.05) is 0 Å². The van der Waals surface area contributed by atoms with Crippen molar-refractivity contribution in [2.24, 2.45) is 0 Å². The van der Waals surface area contributed by atoms with E-state index in [4.69, 9.17) is 9.47 Å². The van der Waals surface area contributed by atoms with E-state index in [1.54, 1.807) is 23.1 Å². The van der Waals surface area contributed by atoms with Crippen LogP contribution in [0.3, 0.4) is 0 Å². The van der Waals surface area contributed by atoms with E-state index in [-0.39, 0.29) is 18.5 Å². The fourth-order valence-corrected chi connectivity index (χ4v) is 2.67. The molecule has 7 nitrogen and oxygen atoms in total. The Morgan fingerprint density at radius 3 is 2.96 bits per heavy atom. The summed E-state index contributed by atoms with van der Waals surface area (Å²) in [5.41, 5.74) is 0. The zero-order chi connectivity index (χ0) is 16.8. The summed E-state index contributed by atoms with van der Waals surface area (Å²) in [6.45, 7) is 3.40. The van der Waals surface area contributed by atoms with E-state index in [9.17, 15) is 9.50 Å². The fourth-order valence-electron chi connectivity index (χ4n) is 2.67. The molecule has 0 amide bonds. The minimum Gasteiger partial charge on any atom is -0.491 e. The number of rotatable bonds is 7. The average Bonchev–Trinajstić information content (AvgIpc) is 3.08. The molecule has 0 unspecified atom stereocenters.